The molecule has 1 atom stereocenters. The van der Waals surface area contributed by atoms with E-state index in [0.29, 0.717) is 22.9 Å². The van der Waals surface area contributed by atoms with Crippen LogP contribution in [0.1, 0.15) is 27.7 Å². The first kappa shape index (κ1) is 16.3. The van der Waals surface area contributed by atoms with Gasteiger partial charge in [-0.15, -0.1) is 11.3 Å². The molecule has 1 aliphatic rings. The van der Waals surface area contributed by atoms with Crippen LogP contribution in [0.4, 0.5) is 0 Å². The van der Waals surface area contributed by atoms with Gasteiger partial charge in [0, 0.05) is 6.54 Å². The number of amides is 1. The second-order valence-corrected chi connectivity index (χ2v) is 6.30. The van der Waals surface area contributed by atoms with Crippen LogP contribution in [0.3, 0.4) is 0 Å². The van der Waals surface area contributed by atoms with E-state index in [1.807, 2.05) is 30.5 Å². The largest absolute Gasteiger partial charge is 0.454 e. The molecule has 0 saturated heterocycles. The average Bonchev–Trinajstić information content (AvgIpc) is 3.20. The molecule has 0 radical (unpaired) electrons. The molecule has 0 aliphatic carbocycles. The number of hydrogen-bond donors (Lipinski definition) is 1. The van der Waals surface area contributed by atoms with Crippen LogP contribution >= 0.6 is 11.3 Å². The van der Waals surface area contributed by atoms with E-state index in [4.69, 9.17) is 14.2 Å². The Bertz CT molecular complexity index is 770. The number of fused-ring (bicyclic) bond motifs is 1. The summed E-state index contributed by atoms with van der Waals surface area (Å²) in [6, 6.07) is 7.30. The van der Waals surface area contributed by atoms with Gasteiger partial charge < -0.3 is 19.5 Å². The third kappa shape index (κ3) is 3.51. The van der Waals surface area contributed by atoms with Crippen molar-refractivity contribution in [1.29, 1.82) is 0 Å². The van der Waals surface area contributed by atoms with Crippen molar-refractivity contribution in [1.82, 2.24) is 5.32 Å². The minimum Gasteiger partial charge on any atom is -0.454 e. The highest BCUT2D eigenvalue weighted by Gasteiger charge is 2.21. The van der Waals surface area contributed by atoms with Crippen molar-refractivity contribution in [2.75, 3.05) is 6.79 Å². The van der Waals surface area contributed by atoms with Crippen molar-refractivity contribution in [3.8, 4) is 11.5 Å². The summed E-state index contributed by atoms with van der Waals surface area (Å²) in [5, 5.41) is 4.56. The highest BCUT2D eigenvalue weighted by Crippen LogP contribution is 2.32. The summed E-state index contributed by atoms with van der Waals surface area (Å²) in [6.07, 6.45) is -0.868. The van der Waals surface area contributed by atoms with Crippen molar-refractivity contribution < 1.29 is 23.8 Å². The minimum absolute atomic E-state index is 0.209. The Labute approximate surface area is 143 Å². The van der Waals surface area contributed by atoms with Gasteiger partial charge in [0.25, 0.3) is 5.91 Å². The Morgan fingerprint density at radius 2 is 2.08 bits per heavy atom. The zero-order valence-corrected chi connectivity index (χ0v) is 14.1. The molecule has 0 saturated carbocycles. The van der Waals surface area contributed by atoms with E-state index in [2.05, 4.69) is 5.32 Å². The number of ether oxygens (including phenoxy) is 3. The second kappa shape index (κ2) is 6.92. The maximum Gasteiger partial charge on any atom is 0.349 e. The van der Waals surface area contributed by atoms with E-state index >= 15 is 0 Å². The first-order chi connectivity index (χ1) is 11.5. The summed E-state index contributed by atoms with van der Waals surface area (Å²) in [5.74, 6) is 0.525. The highest BCUT2D eigenvalue weighted by atomic mass is 32.1. The van der Waals surface area contributed by atoms with Crippen LogP contribution in [0.2, 0.25) is 0 Å². The molecule has 6 nitrogen and oxygen atoms in total. The molecule has 0 spiro atoms. The van der Waals surface area contributed by atoms with Gasteiger partial charge in [-0.25, -0.2) is 4.79 Å². The van der Waals surface area contributed by atoms with Gasteiger partial charge in [-0.3, -0.25) is 4.79 Å². The van der Waals surface area contributed by atoms with Crippen LogP contribution in [-0.2, 0) is 16.1 Å². The number of hydrogen-bond acceptors (Lipinski definition) is 6. The maximum absolute atomic E-state index is 12.1. The van der Waals surface area contributed by atoms with Crippen molar-refractivity contribution >= 4 is 23.2 Å². The van der Waals surface area contributed by atoms with Gasteiger partial charge in [0.15, 0.2) is 17.6 Å². The Morgan fingerprint density at radius 1 is 1.29 bits per heavy atom. The van der Waals surface area contributed by atoms with Crippen LogP contribution in [0.15, 0.2) is 29.6 Å². The molecule has 0 fully saturated rings. The number of rotatable bonds is 5. The fourth-order valence-corrected chi connectivity index (χ4v) is 3.04. The van der Waals surface area contributed by atoms with Gasteiger partial charge in [0.05, 0.1) is 0 Å². The summed E-state index contributed by atoms with van der Waals surface area (Å²) < 4.78 is 15.7. The van der Waals surface area contributed by atoms with Crippen molar-refractivity contribution in [2.45, 2.75) is 26.5 Å². The van der Waals surface area contributed by atoms with E-state index in [0.717, 1.165) is 11.1 Å². The molecule has 7 heteroatoms. The van der Waals surface area contributed by atoms with Gasteiger partial charge in [-0.2, -0.15) is 0 Å². The molecule has 1 aromatic carbocycles. The van der Waals surface area contributed by atoms with Crippen LogP contribution < -0.4 is 14.8 Å². The Kier molecular flexibility index (Phi) is 4.71. The van der Waals surface area contributed by atoms with Crippen molar-refractivity contribution in [2.24, 2.45) is 0 Å². The van der Waals surface area contributed by atoms with E-state index in [1.54, 1.807) is 13.0 Å². The zero-order chi connectivity index (χ0) is 17.1. The molecule has 2 aromatic rings. The molecule has 126 valence electrons. The molecular weight excluding hydrogens is 330 g/mol. The standard InChI is InChI=1S/C17H17NO5S/c1-10-5-6-24-15(10)17(20)23-11(2)16(19)18-8-12-3-4-13-14(7-12)22-9-21-13/h3-7,11H,8-9H2,1-2H3,(H,18,19)/t11-/m1/s1. The van der Waals surface area contributed by atoms with E-state index in [1.165, 1.54) is 11.3 Å². The highest BCUT2D eigenvalue weighted by molar-refractivity contribution is 7.12. The molecule has 24 heavy (non-hydrogen) atoms. The van der Waals surface area contributed by atoms with Gasteiger partial charge in [0.2, 0.25) is 6.79 Å². The van der Waals surface area contributed by atoms with Crippen LogP contribution in [-0.4, -0.2) is 24.8 Å². The molecule has 1 aromatic heterocycles. The number of aryl methyl sites for hydroxylation is 1. The number of nitrogens with one attached hydrogen (secondary N) is 1. The van der Waals surface area contributed by atoms with E-state index in [-0.39, 0.29) is 12.7 Å². The van der Waals surface area contributed by atoms with Crippen LogP contribution in [0.25, 0.3) is 0 Å². The molecule has 1 amide bonds. The number of carbonyl (C=O) groups excluding carboxylic acids is 2. The van der Waals surface area contributed by atoms with Crippen LogP contribution in [0, 0.1) is 6.92 Å². The van der Waals surface area contributed by atoms with Crippen molar-refractivity contribution in [3.63, 3.8) is 0 Å². The molecule has 1 aliphatic heterocycles. The molecule has 0 bridgehead atoms. The summed E-state index contributed by atoms with van der Waals surface area (Å²) in [4.78, 5) is 24.6. The number of thiophene rings is 1. The average molecular weight is 347 g/mol. The summed E-state index contributed by atoms with van der Waals surface area (Å²) in [6.45, 7) is 3.91. The molecule has 3 rings (SSSR count). The SMILES string of the molecule is Cc1ccsc1C(=O)O[C@H](C)C(=O)NCc1ccc2c(c1)OCO2. The lowest BCUT2D eigenvalue weighted by atomic mass is 10.2. The second-order valence-electron chi connectivity index (χ2n) is 5.39. The lowest BCUT2D eigenvalue weighted by Crippen LogP contribution is -2.35. The summed E-state index contributed by atoms with van der Waals surface area (Å²) in [7, 11) is 0. The zero-order valence-electron chi connectivity index (χ0n) is 13.3. The van der Waals surface area contributed by atoms with E-state index in [9.17, 15) is 9.59 Å². The molecule has 2 heterocycles. The Hall–Kier alpha value is -2.54. The molecule has 1 N–H and O–H groups in total. The number of carbonyl (C=O) groups is 2. The fourth-order valence-electron chi connectivity index (χ4n) is 2.23. The predicted molar refractivity (Wildman–Crippen MR) is 88.3 cm³/mol. The lowest BCUT2D eigenvalue weighted by molar-refractivity contribution is -0.129. The number of esters is 1. The normalized spacial score (nSPS) is 13.4. The third-order valence-corrected chi connectivity index (χ3v) is 4.60. The first-order valence-corrected chi connectivity index (χ1v) is 8.34. The van der Waals surface area contributed by atoms with Crippen molar-refractivity contribution in [3.05, 3.63) is 45.6 Å². The van der Waals surface area contributed by atoms with Gasteiger partial charge in [-0.05, 0) is 48.6 Å². The summed E-state index contributed by atoms with van der Waals surface area (Å²) in [5.41, 5.74) is 1.72. The fraction of sp³-hybridized carbons (Fsp3) is 0.294. The van der Waals surface area contributed by atoms with Gasteiger partial charge in [-0.1, -0.05) is 6.07 Å². The molecular formula is C17H17NO5S. The number of benzene rings is 1. The predicted octanol–water partition coefficient (Wildman–Crippen LogP) is 2.65. The Morgan fingerprint density at radius 3 is 2.83 bits per heavy atom. The van der Waals surface area contributed by atoms with Gasteiger partial charge in [0.1, 0.15) is 4.88 Å². The van der Waals surface area contributed by atoms with Gasteiger partial charge >= 0.3 is 5.97 Å². The topological polar surface area (TPSA) is 73.9 Å². The van der Waals surface area contributed by atoms with E-state index < -0.39 is 12.1 Å². The van der Waals surface area contributed by atoms with Crippen LogP contribution in [0.5, 0.6) is 11.5 Å². The maximum atomic E-state index is 12.1. The smallest absolute Gasteiger partial charge is 0.349 e. The molecule has 0 unspecified atom stereocenters. The quantitative estimate of drug-likeness (QED) is 0.842. The minimum atomic E-state index is -0.868. The third-order valence-electron chi connectivity index (χ3n) is 3.60. The monoisotopic (exact) mass is 347 g/mol. The summed E-state index contributed by atoms with van der Waals surface area (Å²) >= 11 is 1.30. The Balaban J connectivity index is 1.53. The first-order valence-electron chi connectivity index (χ1n) is 7.46. The lowest BCUT2D eigenvalue weighted by Gasteiger charge is -2.13.